The number of carbonyl (C=O) groups excluding carboxylic acids is 1. The molecule has 3 heterocycles. The molecule has 1 aliphatic rings. The molecule has 1 fully saturated rings. The van der Waals surface area contributed by atoms with Gasteiger partial charge in [0, 0.05) is 28.1 Å². The minimum atomic E-state index is 0.124. The monoisotopic (exact) mass is 344 g/mol. The fourth-order valence-electron chi connectivity index (χ4n) is 3.32. The first-order chi connectivity index (χ1) is 11.1. The lowest BCUT2D eigenvalue weighted by Gasteiger charge is -2.33. The number of piperidine rings is 1. The molecule has 1 aromatic carbocycles. The number of nitrogens with zero attached hydrogens (tertiary/aromatic N) is 2. The van der Waals surface area contributed by atoms with E-state index in [1.807, 2.05) is 35.2 Å². The number of amides is 1. The Kier molecular flexibility index (Phi) is 3.74. The molecule has 0 bridgehead atoms. The van der Waals surface area contributed by atoms with Gasteiger partial charge in [-0.05, 0) is 38.3 Å². The Morgan fingerprint density at radius 3 is 2.96 bits per heavy atom. The number of rotatable bonds is 1. The molecule has 3 nitrogen and oxygen atoms in total. The number of para-hydroxylation sites is 1. The van der Waals surface area contributed by atoms with E-state index < -0.39 is 0 Å². The van der Waals surface area contributed by atoms with Gasteiger partial charge in [0.2, 0.25) is 0 Å². The van der Waals surface area contributed by atoms with Crippen molar-refractivity contribution in [2.24, 2.45) is 0 Å². The number of benzene rings is 1. The number of thiophene rings is 1. The highest BCUT2D eigenvalue weighted by Gasteiger charge is 2.26. The van der Waals surface area contributed by atoms with Crippen molar-refractivity contribution in [1.82, 2.24) is 9.88 Å². The number of fused-ring (bicyclic) bond motifs is 3. The quantitative estimate of drug-likeness (QED) is 0.574. The summed E-state index contributed by atoms with van der Waals surface area (Å²) in [6, 6.07) is 10.2. The highest BCUT2D eigenvalue weighted by molar-refractivity contribution is 7.21. The predicted molar refractivity (Wildman–Crippen MR) is 96.5 cm³/mol. The zero-order valence-corrected chi connectivity index (χ0v) is 14.5. The largest absolute Gasteiger partial charge is 0.335 e. The van der Waals surface area contributed by atoms with E-state index in [1.165, 1.54) is 17.8 Å². The number of hydrogen-bond donors (Lipinski definition) is 0. The average Bonchev–Trinajstić information content (AvgIpc) is 3.01. The summed E-state index contributed by atoms with van der Waals surface area (Å²) in [4.78, 5) is 20.1. The van der Waals surface area contributed by atoms with Crippen molar-refractivity contribution in [1.29, 1.82) is 0 Å². The van der Waals surface area contributed by atoms with Gasteiger partial charge in [0.15, 0.2) is 0 Å². The van der Waals surface area contributed by atoms with Crippen LogP contribution in [-0.4, -0.2) is 28.4 Å². The van der Waals surface area contributed by atoms with Crippen LogP contribution in [0.3, 0.4) is 0 Å². The molecule has 0 radical (unpaired) electrons. The van der Waals surface area contributed by atoms with Gasteiger partial charge in [-0.1, -0.05) is 29.8 Å². The number of carbonyl (C=O) groups is 1. The molecule has 0 N–H and O–H groups in total. The predicted octanol–water partition coefficient (Wildman–Crippen LogP) is 5.12. The first-order valence-corrected chi connectivity index (χ1v) is 9.13. The summed E-state index contributed by atoms with van der Waals surface area (Å²) in [6.45, 7) is 2.98. The van der Waals surface area contributed by atoms with E-state index in [1.54, 1.807) is 0 Å². The maximum absolute atomic E-state index is 12.9. The van der Waals surface area contributed by atoms with Gasteiger partial charge >= 0.3 is 0 Å². The lowest BCUT2D eigenvalue weighted by Crippen LogP contribution is -2.41. The maximum Gasteiger partial charge on any atom is 0.264 e. The molecule has 1 aliphatic heterocycles. The van der Waals surface area contributed by atoms with Gasteiger partial charge in [0.1, 0.15) is 5.15 Å². The van der Waals surface area contributed by atoms with Crippen molar-refractivity contribution in [2.75, 3.05) is 6.54 Å². The molecule has 1 amide bonds. The molecule has 3 aromatic rings. The average molecular weight is 345 g/mol. The third-order valence-electron chi connectivity index (χ3n) is 4.60. The summed E-state index contributed by atoms with van der Waals surface area (Å²) < 4.78 is 1.05. The molecule has 2 aromatic heterocycles. The van der Waals surface area contributed by atoms with Crippen LogP contribution in [0.4, 0.5) is 0 Å². The molecule has 5 heteroatoms. The van der Waals surface area contributed by atoms with Crippen molar-refractivity contribution < 1.29 is 4.79 Å². The van der Waals surface area contributed by atoms with Crippen LogP contribution in [0.15, 0.2) is 30.3 Å². The van der Waals surface area contributed by atoms with Crippen molar-refractivity contribution in [2.45, 2.75) is 32.2 Å². The van der Waals surface area contributed by atoms with E-state index in [0.717, 1.165) is 45.3 Å². The Balaban J connectivity index is 1.84. The molecule has 1 saturated heterocycles. The highest BCUT2D eigenvalue weighted by Crippen LogP contribution is 2.36. The van der Waals surface area contributed by atoms with Gasteiger partial charge in [0.05, 0.1) is 10.4 Å². The summed E-state index contributed by atoms with van der Waals surface area (Å²) in [6.07, 6.45) is 3.38. The van der Waals surface area contributed by atoms with E-state index in [2.05, 4.69) is 11.9 Å². The minimum Gasteiger partial charge on any atom is -0.335 e. The molecule has 0 saturated carbocycles. The van der Waals surface area contributed by atoms with Gasteiger partial charge in [-0.2, -0.15) is 0 Å². The lowest BCUT2D eigenvalue weighted by molar-refractivity contribution is 0.0641. The second-order valence-corrected chi connectivity index (χ2v) is 7.53. The van der Waals surface area contributed by atoms with Crippen LogP contribution in [0.5, 0.6) is 0 Å². The molecule has 1 unspecified atom stereocenters. The first-order valence-electron chi connectivity index (χ1n) is 7.94. The summed E-state index contributed by atoms with van der Waals surface area (Å²) in [5.74, 6) is 0.124. The molecular formula is C18H17ClN2OS. The first kappa shape index (κ1) is 14.9. The molecule has 0 spiro atoms. The molecular weight excluding hydrogens is 328 g/mol. The van der Waals surface area contributed by atoms with Crippen molar-refractivity contribution in [3.8, 4) is 0 Å². The Morgan fingerprint density at radius 1 is 1.30 bits per heavy atom. The Morgan fingerprint density at radius 2 is 2.13 bits per heavy atom. The van der Waals surface area contributed by atoms with E-state index in [4.69, 9.17) is 11.6 Å². The van der Waals surface area contributed by atoms with E-state index in [-0.39, 0.29) is 5.91 Å². The van der Waals surface area contributed by atoms with Gasteiger partial charge < -0.3 is 4.90 Å². The zero-order chi connectivity index (χ0) is 16.0. The van der Waals surface area contributed by atoms with Crippen LogP contribution < -0.4 is 0 Å². The van der Waals surface area contributed by atoms with Gasteiger partial charge in [-0.3, -0.25) is 4.79 Å². The molecule has 1 atom stereocenters. The molecule has 0 aliphatic carbocycles. The standard InChI is InChI=1S/C18H17ClN2OS/c1-11-6-4-5-9-21(11)18(22)15-10-13-16(23-15)12-7-2-3-8-14(12)20-17(13)19/h2-3,7-8,10-11H,4-6,9H2,1H3. The maximum atomic E-state index is 12.9. The second-order valence-electron chi connectivity index (χ2n) is 6.12. The smallest absolute Gasteiger partial charge is 0.264 e. The van der Waals surface area contributed by atoms with Crippen LogP contribution in [0, 0.1) is 0 Å². The number of pyridine rings is 1. The number of aromatic nitrogens is 1. The van der Waals surface area contributed by atoms with Crippen LogP contribution in [0.25, 0.3) is 21.0 Å². The Bertz CT molecular complexity index is 905. The van der Waals surface area contributed by atoms with E-state index in [9.17, 15) is 4.79 Å². The SMILES string of the molecule is CC1CCCCN1C(=O)c1cc2c(Cl)nc3ccccc3c2s1. The zero-order valence-electron chi connectivity index (χ0n) is 12.9. The second kappa shape index (κ2) is 5.77. The van der Waals surface area contributed by atoms with Crippen LogP contribution >= 0.6 is 22.9 Å². The normalized spacial score (nSPS) is 18.7. The van der Waals surface area contributed by atoms with E-state index in [0.29, 0.717) is 11.2 Å². The molecule has 4 rings (SSSR count). The van der Waals surface area contributed by atoms with Gasteiger partial charge in [-0.15, -0.1) is 11.3 Å². The van der Waals surface area contributed by atoms with E-state index >= 15 is 0 Å². The van der Waals surface area contributed by atoms with Crippen LogP contribution in [0.1, 0.15) is 35.9 Å². The van der Waals surface area contributed by atoms with Gasteiger partial charge in [0.25, 0.3) is 5.91 Å². The van der Waals surface area contributed by atoms with Crippen molar-refractivity contribution in [3.05, 3.63) is 40.4 Å². The summed E-state index contributed by atoms with van der Waals surface area (Å²) in [5, 5.41) is 2.41. The number of hydrogen-bond acceptors (Lipinski definition) is 3. The fourth-order valence-corrected chi connectivity index (χ4v) is 4.77. The number of likely N-dealkylation sites (tertiary alicyclic amines) is 1. The number of halogens is 1. The minimum absolute atomic E-state index is 0.124. The molecule has 23 heavy (non-hydrogen) atoms. The van der Waals surface area contributed by atoms with Crippen molar-refractivity contribution >= 4 is 49.8 Å². The fraction of sp³-hybridized carbons (Fsp3) is 0.333. The summed E-state index contributed by atoms with van der Waals surface area (Å²) in [5.41, 5.74) is 0.872. The van der Waals surface area contributed by atoms with Crippen LogP contribution in [-0.2, 0) is 0 Å². The Hall–Kier alpha value is -1.65. The third kappa shape index (κ3) is 2.50. The highest BCUT2D eigenvalue weighted by atomic mass is 35.5. The van der Waals surface area contributed by atoms with Crippen LogP contribution in [0.2, 0.25) is 5.15 Å². The lowest BCUT2D eigenvalue weighted by atomic mass is 10.0. The Labute approximate surface area is 143 Å². The molecule has 118 valence electrons. The summed E-state index contributed by atoms with van der Waals surface area (Å²) in [7, 11) is 0. The topological polar surface area (TPSA) is 33.2 Å². The third-order valence-corrected chi connectivity index (χ3v) is 6.04. The van der Waals surface area contributed by atoms with Gasteiger partial charge in [-0.25, -0.2) is 4.98 Å². The summed E-state index contributed by atoms with van der Waals surface area (Å²) >= 11 is 7.87. The van der Waals surface area contributed by atoms with Crippen molar-refractivity contribution in [3.63, 3.8) is 0 Å².